The fourth-order valence-electron chi connectivity index (χ4n) is 2.43. The number of pyridine rings is 1. The Morgan fingerprint density at radius 2 is 1.92 bits per heavy atom. The molecule has 1 unspecified atom stereocenters. The Morgan fingerprint density at radius 3 is 2.71 bits per heavy atom. The number of ether oxygens (including phenoxy) is 1. The maximum absolute atomic E-state index is 13.0. The predicted octanol–water partition coefficient (Wildman–Crippen LogP) is 4.69. The number of halogens is 1. The maximum atomic E-state index is 13.0. The van der Waals surface area contributed by atoms with Gasteiger partial charge in [0.2, 0.25) is 0 Å². The number of nitrogens with zero attached hydrogens (tertiary/aromatic N) is 1. The van der Waals surface area contributed by atoms with E-state index in [1.807, 2.05) is 49.4 Å². The van der Waals surface area contributed by atoms with E-state index in [2.05, 4.69) is 4.98 Å². The molecule has 0 N–H and O–H groups in total. The van der Waals surface area contributed by atoms with Crippen molar-refractivity contribution in [2.45, 2.75) is 13.0 Å². The van der Waals surface area contributed by atoms with Crippen LogP contribution in [0.1, 0.15) is 24.2 Å². The van der Waals surface area contributed by atoms with Crippen LogP contribution in [0.4, 0.5) is 4.39 Å². The van der Waals surface area contributed by atoms with Crippen LogP contribution >= 0.6 is 0 Å². The molecule has 0 amide bonds. The average molecular weight is 321 g/mol. The van der Waals surface area contributed by atoms with Crippen molar-refractivity contribution in [1.29, 1.82) is 0 Å². The maximum Gasteiger partial charge on any atom is 0.331 e. The number of rotatable bonds is 4. The van der Waals surface area contributed by atoms with Gasteiger partial charge in [0.25, 0.3) is 0 Å². The molecule has 3 nitrogen and oxygen atoms in total. The van der Waals surface area contributed by atoms with Crippen molar-refractivity contribution in [1.82, 2.24) is 4.98 Å². The normalized spacial score (nSPS) is 12.4. The Hall–Kier alpha value is -3.01. The molecule has 3 rings (SSSR count). The van der Waals surface area contributed by atoms with E-state index in [4.69, 9.17) is 4.74 Å². The van der Waals surface area contributed by atoms with Crippen LogP contribution < -0.4 is 0 Å². The van der Waals surface area contributed by atoms with Gasteiger partial charge in [-0.3, -0.25) is 4.98 Å². The summed E-state index contributed by atoms with van der Waals surface area (Å²) in [6, 6.07) is 15.3. The molecule has 0 aliphatic heterocycles. The quantitative estimate of drug-likeness (QED) is 0.517. The van der Waals surface area contributed by atoms with E-state index in [0.717, 1.165) is 22.5 Å². The average Bonchev–Trinajstić information content (AvgIpc) is 2.59. The monoisotopic (exact) mass is 321 g/mol. The Labute approximate surface area is 139 Å². The van der Waals surface area contributed by atoms with Crippen molar-refractivity contribution in [2.75, 3.05) is 0 Å². The summed E-state index contributed by atoms with van der Waals surface area (Å²) in [7, 11) is 0. The highest BCUT2D eigenvalue weighted by molar-refractivity contribution is 5.87. The minimum absolute atomic E-state index is 0.377. The van der Waals surface area contributed by atoms with E-state index in [0.29, 0.717) is 5.56 Å². The molecule has 1 atom stereocenters. The van der Waals surface area contributed by atoms with Crippen LogP contribution in [0.25, 0.3) is 16.8 Å². The van der Waals surface area contributed by atoms with Gasteiger partial charge in [0.1, 0.15) is 11.9 Å². The van der Waals surface area contributed by atoms with E-state index in [-0.39, 0.29) is 6.10 Å². The lowest BCUT2D eigenvalue weighted by Crippen LogP contribution is -2.06. The first kappa shape index (κ1) is 15.9. The SMILES string of the molecule is CC(OC(=O)/C=C/c1cncc(F)c1)c1ccc2ccccc2c1. The second-order valence-corrected chi connectivity index (χ2v) is 5.46. The zero-order chi connectivity index (χ0) is 16.9. The van der Waals surface area contributed by atoms with Gasteiger partial charge in [0.15, 0.2) is 0 Å². The van der Waals surface area contributed by atoms with Crippen LogP contribution in [0.2, 0.25) is 0 Å². The molecule has 0 saturated heterocycles. The summed E-state index contributed by atoms with van der Waals surface area (Å²) in [5, 5.41) is 2.23. The molecule has 0 bridgehead atoms. The first-order chi connectivity index (χ1) is 11.6. The van der Waals surface area contributed by atoms with Gasteiger partial charge in [-0.15, -0.1) is 0 Å². The Kier molecular flexibility index (Phi) is 4.66. The summed E-state index contributed by atoms with van der Waals surface area (Å²) in [6.45, 7) is 1.82. The van der Waals surface area contributed by atoms with Crippen molar-refractivity contribution in [3.63, 3.8) is 0 Å². The summed E-state index contributed by atoms with van der Waals surface area (Å²) in [5.74, 6) is -0.935. The lowest BCUT2D eigenvalue weighted by molar-refractivity contribution is -0.142. The molecular formula is C20H16FNO2. The third kappa shape index (κ3) is 3.84. The first-order valence-corrected chi connectivity index (χ1v) is 7.60. The molecule has 120 valence electrons. The van der Waals surface area contributed by atoms with Gasteiger partial charge in [0, 0.05) is 12.3 Å². The van der Waals surface area contributed by atoms with E-state index in [9.17, 15) is 9.18 Å². The Morgan fingerprint density at radius 1 is 1.12 bits per heavy atom. The third-order valence-electron chi connectivity index (χ3n) is 3.67. The van der Waals surface area contributed by atoms with E-state index >= 15 is 0 Å². The van der Waals surface area contributed by atoms with Gasteiger partial charge in [-0.2, -0.15) is 0 Å². The summed E-state index contributed by atoms with van der Waals surface area (Å²) in [6.07, 6.45) is 4.95. The minimum Gasteiger partial charge on any atom is -0.455 e. The minimum atomic E-state index is -0.486. The van der Waals surface area contributed by atoms with Crippen LogP contribution in [0, 0.1) is 5.82 Å². The second kappa shape index (κ2) is 7.04. The lowest BCUT2D eigenvalue weighted by Gasteiger charge is -2.13. The van der Waals surface area contributed by atoms with Gasteiger partial charge in [-0.05, 0) is 47.0 Å². The summed E-state index contributed by atoms with van der Waals surface area (Å²) < 4.78 is 18.4. The molecule has 2 aromatic carbocycles. The number of benzene rings is 2. The van der Waals surface area contributed by atoms with Crippen molar-refractivity contribution >= 4 is 22.8 Å². The summed E-state index contributed by atoms with van der Waals surface area (Å²) in [5.41, 5.74) is 1.42. The number of hydrogen-bond donors (Lipinski definition) is 0. The van der Waals surface area contributed by atoms with Crippen molar-refractivity contribution in [3.8, 4) is 0 Å². The molecule has 1 heterocycles. The van der Waals surface area contributed by atoms with E-state index in [1.165, 1.54) is 24.4 Å². The van der Waals surface area contributed by atoms with Gasteiger partial charge < -0.3 is 4.74 Å². The van der Waals surface area contributed by atoms with Gasteiger partial charge in [0.05, 0.1) is 6.20 Å². The molecule has 1 aromatic heterocycles. The van der Waals surface area contributed by atoms with Crippen LogP contribution in [-0.2, 0) is 9.53 Å². The number of carbonyl (C=O) groups is 1. The van der Waals surface area contributed by atoms with Crippen LogP contribution in [-0.4, -0.2) is 11.0 Å². The highest BCUT2D eigenvalue weighted by Crippen LogP contribution is 2.22. The van der Waals surface area contributed by atoms with Crippen molar-refractivity contribution in [3.05, 3.63) is 83.9 Å². The Balaban J connectivity index is 1.68. The fraction of sp³-hybridized carbons (Fsp3) is 0.100. The molecule has 4 heteroatoms. The summed E-state index contributed by atoms with van der Waals surface area (Å²) in [4.78, 5) is 15.6. The van der Waals surface area contributed by atoms with Crippen molar-refractivity contribution in [2.24, 2.45) is 0 Å². The third-order valence-corrected chi connectivity index (χ3v) is 3.67. The van der Waals surface area contributed by atoms with Gasteiger partial charge in [-0.1, -0.05) is 36.4 Å². The summed E-state index contributed by atoms with van der Waals surface area (Å²) >= 11 is 0. The first-order valence-electron chi connectivity index (χ1n) is 7.60. The molecule has 24 heavy (non-hydrogen) atoms. The molecule has 0 aliphatic carbocycles. The molecule has 0 radical (unpaired) electrons. The van der Waals surface area contributed by atoms with E-state index < -0.39 is 11.8 Å². The van der Waals surface area contributed by atoms with Gasteiger partial charge in [-0.25, -0.2) is 9.18 Å². The lowest BCUT2D eigenvalue weighted by atomic mass is 10.0. The van der Waals surface area contributed by atoms with Crippen molar-refractivity contribution < 1.29 is 13.9 Å². The molecule has 0 fully saturated rings. The van der Waals surface area contributed by atoms with Crippen LogP contribution in [0.3, 0.4) is 0 Å². The number of aromatic nitrogens is 1. The highest BCUT2D eigenvalue weighted by atomic mass is 19.1. The number of fused-ring (bicyclic) bond motifs is 1. The largest absolute Gasteiger partial charge is 0.455 e. The predicted molar refractivity (Wildman–Crippen MR) is 91.7 cm³/mol. The highest BCUT2D eigenvalue weighted by Gasteiger charge is 2.10. The smallest absolute Gasteiger partial charge is 0.331 e. The molecule has 3 aromatic rings. The van der Waals surface area contributed by atoms with Crippen LogP contribution in [0.15, 0.2) is 67.0 Å². The second-order valence-electron chi connectivity index (χ2n) is 5.46. The molecular weight excluding hydrogens is 305 g/mol. The number of esters is 1. The zero-order valence-corrected chi connectivity index (χ0v) is 13.1. The van der Waals surface area contributed by atoms with E-state index in [1.54, 1.807) is 0 Å². The zero-order valence-electron chi connectivity index (χ0n) is 13.1. The van der Waals surface area contributed by atoms with Gasteiger partial charge >= 0.3 is 5.97 Å². The Bertz CT molecular complexity index is 905. The topological polar surface area (TPSA) is 39.2 Å². The number of carbonyl (C=O) groups excluding carboxylic acids is 1. The molecule has 0 saturated carbocycles. The number of hydrogen-bond acceptors (Lipinski definition) is 3. The molecule has 0 spiro atoms. The van der Waals surface area contributed by atoms with Crippen LogP contribution in [0.5, 0.6) is 0 Å². The molecule has 0 aliphatic rings. The standard InChI is InChI=1S/C20H16FNO2/c1-14(17-8-7-16-4-2-3-5-18(16)11-17)24-20(23)9-6-15-10-19(21)13-22-12-15/h2-14H,1H3/b9-6+. The fourth-order valence-corrected chi connectivity index (χ4v) is 2.43.